The van der Waals surface area contributed by atoms with Crippen LogP contribution in [-0.2, 0) is 20.7 Å². The third-order valence-electron chi connectivity index (χ3n) is 3.75. The highest BCUT2D eigenvalue weighted by Crippen LogP contribution is 2.33. The van der Waals surface area contributed by atoms with Crippen molar-refractivity contribution in [2.45, 2.75) is 19.4 Å². The van der Waals surface area contributed by atoms with E-state index in [9.17, 15) is 14.4 Å². The molecule has 110 valence electrons. The van der Waals surface area contributed by atoms with Gasteiger partial charge in [0.1, 0.15) is 0 Å². The van der Waals surface area contributed by atoms with E-state index in [4.69, 9.17) is 10.5 Å². The van der Waals surface area contributed by atoms with E-state index < -0.39 is 18.1 Å². The van der Waals surface area contributed by atoms with Crippen LogP contribution in [-0.4, -0.2) is 37.1 Å². The lowest BCUT2D eigenvalue weighted by atomic mass is 10.1. The number of anilines is 2. The van der Waals surface area contributed by atoms with E-state index in [2.05, 4.69) is 0 Å². The van der Waals surface area contributed by atoms with Crippen LogP contribution in [0.25, 0.3) is 0 Å². The van der Waals surface area contributed by atoms with Crippen molar-refractivity contribution in [2.75, 3.05) is 22.9 Å². The predicted octanol–water partition coefficient (Wildman–Crippen LogP) is 0.406. The minimum absolute atomic E-state index is 0.0451. The zero-order valence-corrected chi connectivity index (χ0v) is 11.5. The molecule has 0 saturated carbocycles. The number of rotatable bonds is 3. The Balaban J connectivity index is 1.89. The van der Waals surface area contributed by atoms with Crippen LogP contribution in [0.4, 0.5) is 16.2 Å². The van der Waals surface area contributed by atoms with Gasteiger partial charge in [0.15, 0.2) is 6.10 Å². The van der Waals surface area contributed by atoms with Gasteiger partial charge in [-0.15, -0.1) is 0 Å². The minimum Gasteiger partial charge on any atom is -0.434 e. The van der Waals surface area contributed by atoms with Gasteiger partial charge < -0.3 is 15.4 Å². The van der Waals surface area contributed by atoms with Crippen molar-refractivity contribution in [1.82, 2.24) is 0 Å². The molecule has 2 aliphatic rings. The summed E-state index contributed by atoms with van der Waals surface area (Å²) in [5, 5.41) is 0. The molecule has 21 heavy (non-hydrogen) atoms. The van der Waals surface area contributed by atoms with Gasteiger partial charge in [0.05, 0.1) is 13.0 Å². The molecule has 0 radical (unpaired) electrons. The average Bonchev–Trinajstić information content (AvgIpc) is 2.97. The molecule has 1 saturated heterocycles. The fourth-order valence-corrected chi connectivity index (χ4v) is 2.71. The van der Waals surface area contributed by atoms with Gasteiger partial charge in [-0.05, 0) is 30.7 Å². The van der Waals surface area contributed by atoms with Gasteiger partial charge in [-0.25, -0.2) is 4.79 Å². The van der Waals surface area contributed by atoms with E-state index in [1.165, 1.54) is 4.90 Å². The quantitative estimate of drug-likeness (QED) is 0.872. The summed E-state index contributed by atoms with van der Waals surface area (Å²) in [4.78, 5) is 37.8. The number of likely N-dealkylation sites (N-methyl/N-ethyl adjacent to an activating group) is 1. The van der Waals surface area contributed by atoms with Crippen LogP contribution in [0.3, 0.4) is 0 Å². The summed E-state index contributed by atoms with van der Waals surface area (Å²) in [6.07, 6.45) is -1.21. The van der Waals surface area contributed by atoms with Gasteiger partial charge in [0.25, 0.3) is 5.91 Å². The van der Waals surface area contributed by atoms with Crippen molar-refractivity contribution in [2.24, 2.45) is 5.73 Å². The number of cyclic esters (lactones) is 1. The van der Waals surface area contributed by atoms with Gasteiger partial charge in [-0.3, -0.25) is 14.5 Å². The number of ether oxygens (including phenoxy) is 1. The van der Waals surface area contributed by atoms with Gasteiger partial charge >= 0.3 is 6.09 Å². The van der Waals surface area contributed by atoms with Crippen molar-refractivity contribution in [3.63, 3.8) is 0 Å². The monoisotopic (exact) mass is 289 g/mol. The van der Waals surface area contributed by atoms with E-state index in [1.54, 1.807) is 17.0 Å². The SMILES string of the molecule is CCN1C(=O)Cc2cc(N3C[C@H](C(N)=O)OC3=O)ccc21. The summed E-state index contributed by atoms with van der Waals surface area (Å²) < 4.78 is 4.91. The fourth-order valence-electron chi connectivity index (χ4n) is 2.71. The first-order valence-electron chi connectivity index (χ1n) is 6.72. The third-order valence-corrected chi connectivity index (χ3v) is 3.75. The zero-order valence-electron chi connectivity index (χ0n) is 11.5. The Labute approximate surface area is 121 Å². The second-order valence-corrected chi connectivity index (χ2v) is 5.01. The molecule has 2 heterocycles. The van der Waals surface area contributed by atoms with Crippen molar-refractivity contribution in [1.29, 1.82) is 0 Å². The molecule has 1 atom stereocenters. The molecular formula is C14H15N3O4. The number of hydrogen-bond acceptors (Lipinski definition) is 4. The Kier molecular flexibility index (Phi) is 3.04. The molecule has 0 aromatic heterocycles. The summed E-state index contributed by atoms with van der Waals surface area (Å²) in [6.45, 7) is 2.62. The second kappa shape index (κ2) is 4.76. The molecule has 7 heteroatoms. The summed E-state index contributed by atoms with van der Waals surface area (Å²) in [6, 6.07) is 5.34. The summed E-state index contributed by atoms with van der Waals surface area (Å²) in [5.74, 6) is -0.622. The maximum absolute atomic E-state index is 11.9. The standard InChI is InChI=1S/C14H15N3O4/c1-2-16-10-4-3-9(5-8(10)6-12(16)18)17-7-11(13(15)19)21-14(17)20/h3-5,11H,2,6-7H2,1H3,(H2,15,19)/t11-/m1/s1. The number of fused-ring (bicyclic) bond motifs is 1. The maximum atomic E-state index is 11.9. The van der Waals surface area contributed by atoms with Crippen molar-refractivity contribution >= 4 is 29.3 Å². The number of nitrogens with two attached hydrogens (primary N) is 1. The number of carbonyl (C=O) groups is 3. The number of amides is 3. The molecule has 2 aliphatic heterocycles. The molecule has 1 aromatic carbocycles. The number of primary amides is 1. The van der Waals surface area contributed by atoms with Crippen molar-refractivity contribution < 1.29 is 19.1 Å². The second-order valence-electron chi connectivity index (χ2n) is 5.01. The molecule has 0 spiro atoms. The molecule has 0 bridgehead atoms. The summed E-state index contributed by atoms with van der Waals surface area (Å²) >= 11 is 0. The van der Waals surface area contributed by atoms with E-state index >= 15 is 0 Å². The van der Waals surface area contributed by atoms with Crippen molar-refractivity contribution in [3.05, 3.63) is 23.8 Å². The number of hydrogen-bond donors (Lipinski definition) is 1. The first-order chi connectivity index (χ1) is 10.0. The van der Waals surface area contributed by atoms with Gasteiger partial charge in [-0.2, -0.15) is 0 Å². The third kappa shape index (κ3) is 2.10. The molecule has 1 aromatic rings. The lowest BCUT2D eigenvalue weighted by molar-refractivity contribution is -0.124. The van der Waals surface area contributed by atoms with Gasteiger partial charge in [0, 0.05) is 17.9 Å². The molecule has 0 aliphatic carbocycles. The van der Waals surface area contributed by atoms with Crippen LogP contribution in [0.5, 0.6) is 0 Å². The topological polar surface area (TPSA) is 92.9 Å². The largest absolute Gasteiger partial charge is 0.434 e. The lowest BCUT2D eigenvalue weighted by Crippen LogP contribution is -2.32. The molecule has 7 nitrogen and oxygen atoms in total. The number of nitrogens with zero attached hydrogens (tertiary/aromatic N) is 2. The highest BCUT2D eigenvalue weighted by atomic mass is 16.6. The van der Waals surface area contributed by atoms with Crippen LogP contribution in [0.2, 0.25) is 0 Å². The first kappa shape index (κ1) is 13.4. The summed E-state index contributed by atoms with van der Waals surface area (Å²) in [7, 11) is 0. The fraction of sp³-hybridized carbons (Fsp3) is 0.357. The van der Waals surface area contributed by atoms with E-state index in [-0.39, 0.29) is 12.5 Å². The maximum Gasteiger partial charge on any atom is 0.415 e. The van der Waals surface area contributed by atoms with Crippen LogP contribution in [0.1, 0.15) is 12.5 Å². The Morgan fingerprint density at radius 1 is 1.43 bits per heavy atom. The van der Waals surface area contributed by atoms with Crippen LogP contribution in [0, 0.1) is 0 Å². The van der Waals surface area contributed by atoms with Gasteiger partial charge in [0.2, 0.25) is 5.91 Å². The first-order valence-corrected chi connectivity index (χ1v) is 6.72. The number of carbonyl (C=O) groups excluding carboxylic acids is 3. The molecule has 1 fully saturated rings. The molecule has 3 rings (SSSR count). The zero-order chi connectivity index (χ0) is 15.1. The Morgan fingerprint density at radius 3 is 2.81 bits per heavy atom. The molecular weight excluding hydrogens is 274 g/mol. The van der Waals surface area contributed by atoms with E-state index in [0.717, 1.165) is 11.3 Å². The minimum atomic E-state index is -0.931. The Morgan fingerprint density at radius 2 is 2.19 bits per heavy atom. The molecule has 0 unspecified atom stereocenters. The smallest absolute Gasteiger partial charge is 0.415 e. The highest BCUT2D eigenvalue weighted by Gasteiger charge is 2.36. The molecule has 3 amide bonds. The Hall–Kier alpha value is -2.57. The lowest BCUT2D eigenvalue weighted by Gasteiger charge is -2.17. The van der Waals surface area contributed by atoms with Crippen LogP contribution < -0.4 is 15.5 Å². The van der Waals surface area contributed by atoms with Gasteiger partial charge in [-0.1, -0.05) is 0 Å². The Bertz CT molecular complexity index is 643. The normalized spacial score (nSPS) is 20.7. The molecule has 2 N–H and O–H groups in total. The van der Waals surface area contributed by atoms with Crippen LogP contribution in [0.15, 0.2) is 18.2 Å². The summed E-state index contributed by atoms with van der Waals surface area (Å²) in [5.41, 5.74) is 7.49. The van der Waals surface area contributed by atoms with E-state index in [1.807, 2.05) is 13.0 Å². The average molecular weight is 289 g/mol. The van der Waals surface area contributed by atoms with E-state index in [0.29, 0.717) is 18.7 Å². The van der Waals surface area contributed by atoms with Crippen molar-refractivity contribution in [3.8, 4) is 0 Å². The predicted molar refractivity (Wildman–Crippen MR) is 75.0 cm³/mol. The number of benzene rings is 1. The highest BCUT2D eigenvalue weighted by molar-refractivity contribution is 6.02. The van der Waals surface area contributed by atoms with Crippen LogP contribution >= 0.6 is 0 Å².